The quantitative estimate of drug-likeness (QED) is 0.821. The summed E-state index contributed by atoms with van der Waals surface area (Å²) in [7, 11) is 0. The topological polar surface area (TPSA) is 19.4 Å². The van der Waals surface area contributed by atoms with Crippen LogP contribution in [0.4, 0.5) is 5.82 Å². The molecular formula is C14H22ClN3. The van der Waals surface area contributed by atoms with E-state index in [9.17, 15) is 0 Å². The predicted molar refractivity (Wildman–Crippen MR) is 77.5 cm³/mol. The molecule has 18 heavy (non-hydrogen) atoms. The molecule has 1 aliphatic rings. The van der Waals surface area contributed by atoms with Gasteiger partial charge >= 0.3 is 0 Å². The molecule has 0 amide bonds. The van der Waals surface area contributed by atoms with Gasteiger partial charge in [-0.2, -0.15) is 0 Å². The number of hydrogen-bond acceptors (Lipinski definition) is 3. The lowest BCUT2D eigenvalue weighted by Crippen LogP contribution is -2.54. The van der Waals surface area contributed by atoms with Crippen LogP contribution in [0.25, 0.3) is 0 Å². The molecule has 3 nitrogen and oxygen atoms in total. The van der Waals surface area contributed by atoms with Crippen molar-refractivity contribution in [2.45, 2.75) is 39.8 Å². The lowest BCUT2D eigenvalue weighted by molar-refractivity contribution is 0.185. The van der Waals surface area contributed by atoms with E-state index in [4.69, 9.17) is 11.6 Å². The molecule has 1 aromatic rings. The zero-order chi connectivity index (χ0) is 13.3. The van der Waals surface area contributed by atoms with Crippen LogP contribution in [-0.2, 0) is 0 Å². The molecule has 0 radical (unpaired) electrons. The molecule has 2 heterocycles. The Morgan fingerprint density at radius 1 is 1.39 bits per heavy atom. The van der Waals surface area contributed by atoms with Crippen molar-refractivity contribution < 1.29 is 0 Å². The van der Waals surface area contributed by atoms with Crippen LogP contribution in [0, 0.1) is 6.92 Å². The van der Waals surface area contributed by atoms with Gasteiger partial charge in [-0.15, -0.1) is 0 Å². The third kappa shape index (κ3) is 2.78. The molecule has 0 bridgehead atoms. The number of piperazine rings is 1. The molecular weight excluding hydrogens is 246 g/mol. The van der Waals surface area contributed by atoms with Crippen LogP contribution in [0.2, 0.25) is 5.02 Å². The lowest BCUT2D eigenvalue weighted by Gasteiger charge is -2.42. The molecule has 1 fully saturated rings. The zero-order valence-electron chi connectivity index (χ0n) is 11.7. The number of hydrogen-bond donors (Lipinski definition) is 0. The van der Waals surface area contributed by atoms with E-state index >= 15 is 0 Å². The van der Waals surface area contributed by atoms with Gasteiger partial charge in [0, 0.05) is 37.9 Å². The van der Waals surface area contributed by atoms with Crippen molar-refractivity contribution in [1.29, 1.82) is 0 Å². The first-order valence-corrected chi connectivity index (χ1v) is 6.99. The van der Waals surface area contributed by atoms with Crippen LogP contribution < -0.4 is 4.90 Å². The van der Waals surface area contributed by atoms with E-state index in [1.807, 2.05) is 6.92 Å². The summed E-state index contributed by atoms with van der Waals surface area (Å²) in [6.07, 6.45) is 1.76. The van der Waals surface area contributed by atoms with E-state index < -0.39 is 0 Å². The van der Waals surface area contributed by atoms with E-state index in [2.05, 4.69) is 41.6 Å². The molecule has 0 aliphatic carbocycles. The Bertz CT molecular complexity index is 420. The van der Waals surface area contributed by atoms with Crippen LogP contribution in [0.15, 0.2) is 12.3 Å². The number of nitrogens with zero attached hydrogens (tertiary/aromatic N) is 3. The van der Waals surface area contributed by atoms with Crippen LogP contribution in [0.3, 0.4) is 0 Å². The molecule has 1 atom stereocenters. The minimum Gasteiger partial charge on any atom is -0.351 e. The molecule has 0 unspecified atom stereocenters. The normalized spacial score (nSPS) is 21.7. The second kappa shape index (κ2) is 5.45. The minimum absolute atomic E-state index is 0.495. The van der Waals surface area contributed by atoms with Gasteiger partial charge in [-0.3, -0.25) is 4.90 Å². The van der Waals surface area contributed by atoms with Gasteiger partial charge in [0.2, 0.25) is 0 Å². The second-order valence-corrected chi connectivity index (χ2v) is 5.83. The Balaban J connectivity index is 2.12. The summed E-state index contributed by atoms with van der Waals surface area (Å²) in [4.78, 5) is 9.35. The standard InChI is InChI=1S/C14H22ClN3/c1-10(2)17-5-6-18(12(4)9-17)14-7-11(3)13(15)8-16-14/h7-8,10,12H,5-6,9H2,1-4H3/t12-/m0/s1. The number of anilines is 1. The van der Waals surface area contributed by atoms with Crippen molar-refractivity contribution in [3.05, 3.63) is 22.8 Å². The fourth-order valence-corrected chi connectivity index (χ4v) is 2.58. The summed E-state index contributed by atoms with van der Waals surface area (Å²) in [5.74, 6) is 1.05. The summed E-state index contributed by atoms with van der Waals surface area (Å²) >= 11 is 6.03. The molecule has 4 heteroatoms. The van der Waals surface area contributed by atoms with Gasteiger partial charge in [0.1, 0.15) is 5.82 Å². The first kappa shape index (κ1) is 13.6. The molecule has 0 saturated carbocycles. The summed E-state index contributed by atoms with van der Waals surface area (Å²) in [6.45, 7) is 12.0. The maximum absolute atomic E-state index is 6.03. The molecule has 0 N–H and O–H groups in total. The van der Waals surface area contributed by atoms with E-state index in [0.29, 0.717) is 12.1 Å². The summed E-state index contributed by atoms with van der Waals surface area (Å²) in [6, 6.07) is 3.20. The maximum atomic E-state index is 6.03. The average Bonchev–Trinajstić information content (AvgIpc) is 2.32. The third-order valence-corrected chi connectivity index (χ3v) is 4.11. The SMILES string of the molecule is Cc1cc(N2CCN(C(C)C)C[C@@H]2C)ncc1Cl. The number of halogens is 1. The van der Waals surface area contributed by atoms with Crippen molar-refractivity contribution in [3.8, 4) is 0 Å². The van der Waals surface area contributed by atoms with Crippen molar-refractivity contribution >= 4 is 17.4 Å². The average molecular weight is 268 g/mol. The molecule has 2 rings (SSSR count). The molecule has 0 spiro atoms. The summed E-state index contributed by atoms with van der Waals surface area (Å²) in [5.41, 5.74) is 1.10. The smallest absolute Gasteiger partial charge is 0.129 e. The van der Waals surface area contributed by atoms with Crippen molar-refractivity contribution in [1.82, 2.24) is 9.88 Å². The van der Waals surface area contributed by atoms with E-state index in [1.54, 1.807) is 6.20 Å². The van der Waals surface area contributed by atoms with Gasteiger partial charge in [-0.1, -0.05) is 11.6 Å². The van der Waals surface area contributed by atoms with Gasteiger partial charge < -0.3 is 4.90 Å². The fraction of sp³-hybridized carbons (Fsp3) is 0.643. The highest BCUT2D eigenvalue weighted by Gasteiger charge is 2.25. The van der Waals surface area contributed by atoms with Crippen LogP contribution in [0.5, 0.6) is 0 Å². The number of aromatic nitrogens is 1. The Morgan fingerprint density at radius 3 is 2.67 bits per heavy atom. The molecule has 1 aliphatic heterocycles. The van der Waals surface area contributed by atoms with Gasteiger partial charge in [-0.05, 0) is 39.3 Å². The van der Waals surface area contributed by atoms with Gasteiger partial charge in [-0.25, -0.2) is 4.98 Å². The van der Waals surface area contributed by atoms with Gasteiger partial charge in [0.25, 0.3) is 0 Å². The zero-order valence-corrected chi connectivity index (χ0v) is 12.4. The van der Waals surface area contributed by atoms with Crippen molar-refractivity contribution in [2.24, 2.45) is 0 Å². The largest absolute Gasteiger partial charge is 0.351 e. The fourth-order valence-electron chi connectivity index (χ4n) is 2.48. The van der Waals surface area contributed by atoms with Crippen LogP contribution >= 0.6 is 11.6 Å². The first-order valence-electron chi connectivity index (χ1n) is 6.62. The Hall–Kier alpha value is -0.800. The van der Waals surface area contributed by atoms with Crippen molar-refractivity contribution in [3.63, 3.8) is 0 Å². The highest BCUT2D eigenvalue weighted by atomic mass is 35.5. The number of aryl methyl sites for hydroxylation is 1. The van der Waals surface area contributed by atoms with E-state index in [0.717, 1.165) is 36.0 Å². The third-order valence-electron chi connectivity index (χ3n) is 3.72. The molecule has 100 valence electrons. The monoisotopic (exact) mass is 267 g/mol. The van der Waals surface area contributed by atoms with E-state index in [1.165, 1.54) is 0 Å². The van der Waals surface area contributed by atoms with Gasteiger partial charge in [0.05, 0.1) is 5.02 Å². The Kier molecular flexibility index (Phi) is 4.13. The molecule has 1 aromatic heterocycles. The number of rotatable bonds is 2. The summed E-state index contributed by atoms with van der Waals surface area (Å²) in [5, 5.41) is 0.743. The number of pyridine rings is 1. The Labute approximate surface area is 115 Å². The van der Waals surface area contributed by atoms with Gasteiger partial charge in [0.15, 0.2) is 0 Å². The molecule has 0 aromatic carbocycles. The molecule has 1 saturated heterocycles. The lowest BCUT2D eigenvalue weighted by atomic mass is 10.1. The first-order chi connectivity index (χ1) is 8.49. The predicted octanol–water partition coefficient (Wildman–Crippen LogP) is 2.96. The maximum Gasteiger partial charge on any atom is 0.129 e. The minimum atomic E-state index is 0.495. The second-order valence-electron chi connectivity index (χ2n) is 5.42. The van der Waals surface area contributed by atoms with Crippen LogP contribution in [0.1, 0.15) is 26.3 Å². The van der Waals surface area contributed by atoms with Crippen LogP contribution in [-0.4, -0.2) is 41.6 Å². The summed E-state index contributed by atoms with van der Waals surface area (Å²) < 4.78 is 0. The highest BCUT2D eigenvalue weighted by Crippen LogP contribution is 2.23. The van der Waals surface area contributed by atoms with E-state index in [-0.39, 0.29) is 0 Å². The highest BCUT2D eigenvalue weighted by molar-refractivity contribution is 6.31. The Morgan fingerprint density at radius 2 is 2.11 bits per heavy atom. The van der Waals surface area contributed by atoms with Crippen molar-refractivity contribution in [2.75, 3.05) is 24.5 Å².